The minimum atomic E-state index is -3.00. The van der Waals surface area contributed by atoms with Crippen LogP contribution >= 0.6 is 0 Å². The molecule has 0 spiro atoms. The summed E-state index contributed by atoms with van der Waals surface area (Å²) in [6.45, 7) is 0.336. The first-order valence-corrected chi connectivity index (χ1v) is 7.98. The fraction of sp³-hybridized carbons (Fsp3) is 0.462. The summed E-state index contributed by atoms with van der Waals surface area (Å²) >= 11 is 0. The van der Waals surface area contributed by atoms with Crippen LogP contribution in [0, 0.1) is 0 Å². The van der Waals surface area contributed by atoms with E-state index in [2.05, 4.69) is 0 Å². The number of carboxylic acids is 1. The van der Waals surface area contributed by atoms with Gasteiger partial charge in [0.25, 0.3) is 0 Å². The summed E-state index contributed by atoms with van der Waals surface area (Å²) in [6, 6.07) is 9.31. The Bertz CT molecular complexity index is 541. The molecule has 104 valence electrons. The second-order valence-electron chi connectivity index (χ2n) is 4.84. The van der Waals surface area contributed by atoms with Crippen LogP contribution in [-0.4, -0.2) is 48.5 Å². The maximum Gasteiger partial charge on any atom is 0.317 e. The molecule has 0 amide bonds. The van der Waals surface area contributed by atoms with Crippen molar-refractivity contribution in [2.45, 2.75) is 19.0 Å². The van der Waals surface area contributed by atoms with Crippen molar-refractivity contribution in [1.29, 1.82) is 0 Å². The highest BCUT2D eigenvalue weighted by molar-refractivity contribution is 7.91. The van der Waals surface area contributed by atoms with E-state index >= 15 is 0 Å². The summed E-state index contributed by atoms with van der Waals surface area (Å²) in [4.78, 5) is 12.7. The standard InChI is InChI=1S/C13H17NO4S/c15-13(16)9-14(8-11-4-2-1-3-5-11)12-6-7-19(17,18)10-12/h1-5,12H,6-10H2,(H,15,16)/t12-/m0/s1. The fourth-order valence-corrected chi connectivity index (χ4v) is 4.13. The van der Waals surface area contributed by atoms with Gasteiger partial charge in [0.15, 0.2) is 9.84 Å². The van der Waals surface area contributed by atoms with Crippen molar-refractivity contribution in [1.82, 2.24) is 4.90 Å². The van der Waals surface area contributed by atoms with Crippen molar-refractivity contribution in [2.75, 3.05) is 18.1 Å². The molecule has 1 aliphatic rings. The van der Waals surface area contributed by atoms with Crippen LogP contribution < -0.4 is 0 Å². The summed E-state index contributed by atoms with van der Waals surface area (Å²) in [7, 11) is -3.00. The van der Waals surface area contributed by atoms with Gasteiger partial charge in [-0.15, -0.1) is 0 Å². The average molecular weight is 283 g/mol. The number of nitrogens with zero attached hydrogens (tertiary/aromatic N) is 1. The monoisotopic (exact) mass is 283 g/mol. The minimum absolute atomic E-state index is 0.0626. The number of hydrogen-bond donors (Lipinski definition) is 1. The normalized spacial score (nSPS) is 21.6. The lowest BCUT2D eigenvalue weighted by molar-refractivity contribution is -0.139. The van der Waals surface area contributed by atoms with Gasteiger partial charge < -0.3 is 5.11 Å². The first-order chi connectivity index (χ1) is 8.96. The molecule has 0 radical (unpaired) electrons. The quantitative estimate of drug-likeness (QED) is 0.863. The number of benzene rings is 1. The number of carbonyl (C=O) groups is 1. The number of sulfone groups is 1. The molecule has 1 N–H and O–H groups in total. The van der Waals surface area contributed by atoms with E-state index in [1.165, 1.54) is 0 Å². The molecule has 1 atom stereocenters. The SMILES string of the molecule is O=C(O)CN(Cc1ccccc1)[C@H]1CCS(=O)(=O)C1. The van der Waals surface area contributed by atoms with Crippen molar-refractivity contribution in [3.63, 3.8) is 0 Å². The highest BCUT2D eigenvalue weighted by Crippen LogP contribution is 2.19. The van der Waals surface area contributed by atoms with Gasteiger partial charge in [0.2, 0.25) is 0 Å². The van der Waals surface area contributed by atoms with Crippen LogP contribution in [0.15, 0.2) is 30.3 Å². The lowest BCUT2D eigenvalue weighted by atomic mass is 10.1. The van der Waals surface area contributed by atoms with E-state index in [0.29, 0.717) is 13.0 Å². The van der Waals surface area contributed by atoms with Gasteiger partial charge >= 0.3 is 5.97 Å². The summed E-state index contributed by atoms with van der Waals surface area (Å²) in [5.41, 5.74) is 0.994. The lowest BCUT2D eigenvalue weighted by Crippen LogP contribution is -2.39. The second-order valence-corrected chi connectivity index (χ2v) is 7.07. The summed E-state index contributed by atoms with van der Waals surface area (Å²) < 4.78 is 23.0. The maximum atomic E-state index is 11.5. The van der Waals surface area contributed by atoms with Gasteiger partial charge in [-0.3, -0.25) is 9.69 Å². The molecule has 19 heavy (non-hydrogen) atoms. The second kappa shape index (κ2) is 5.71. The predicted molar refractivity (Wildman–Crippen MR) is 71.5 cm³/mol. The molecule has 1 heterocycles. The van der Waals surface area contributed by atoms with Gasteiger partial charge in [0, 0.05) is 12.6 Å². The third kappa shape index (κ3) is 4.04. The average Bonchev–Trinajstić information content (AvgIpc) is 2.70. The largest absolute Gasteiger partial charge is 0.480 e. The van der Waals surface area contributed by atoms with Crippen LogP contribution in [-0.2, 0) is 21.2 Å². The Morgan fingerprint density at radius 3 is 2.53 bits per heavy atom. The van der Waals surface area contributed by atoms with Gasteiger partial charge in [-0.05, 0) is 12.0 Å². The zero-order valence-electron chi connectivity index (χ0n) is 10.5. The zero-order chi connectivity index (χ0) is 13.9. The van der Waals surface area contributed by atoms with E-state index in [-0.39, 0.29) is 24.1 Å². The van der Waals surface area contributed by atoms with Gasteiger partial charge in [-0.2, -0.15) is 0 Å². The smallest absolute Gasteiger partial charge is 0.317 e. The Kier molecular flexibility index (Phi) is 4.21. The van der Waals surface area contributed by atoms with E-state index in [1.807, 2.05) is 30.3 Å². The fourth-order valence-electron chi connectivity index (χ4n) is 2.37. The van der Waals surface area contributed by atoms with Gasteiger partial charge in [-0.1, -0.05) is 30.3 Å². The van der Waals surface area contributed by atoms with E-state index in [4.69, 9.17) is 5.11 Å². The Morgan fingerprint density at radius 2 is 2.00 bits per heavy atom. The summed E-state index contributed by atoms with van der Waals surface area (Å²) in [6.07, 6.45) is 0.516. The summed E-state index contributed by atoms with van der Waals surface area (Å²) in [5.74, 6) is -0.712. The Balaban J connectivity index is 2.10. The van der Waals surface area contributed by atoms with Gasteiger partial charge in [-0.25, -0.2) is 8.42 Å². The predicted octanol–water partition coefficient (Wildman–Crippen LogP) is 0.760. The van der Waals surface area contributed by atoms with Crippen molar-refractivity contribution in [3.8, 4) is 0 Å². The van der Waals surface area contributed by atoms with Gasteiger partial charge in [0.05, 0.1) is 18.1 Å². The third-order valence-corrected chi connectivity index (χ3v) is 5.04. The Hall–Kier alpha value is -1.40. The minimum Gasteiger partial charge on any atom is -0.480 e. The van der Waals surface area contributed by atoms with Crippen LogP contribution in [0.4, 0.5) is 0 Å². The lowest BCUT2D eigenvalue weighted by Gasteiger charge is -2.26. The Labute approximate surface area is 112 Å². The highest BCUT2D eigenvalue weighted by Gasteiger charge is 2.33. The van der Waals surface area contributed by atoms with Crippen LogP contribution in [0.25, 0.3) is 0 Å². The first-order valence-electron chi connectivity index (χ1n) is 6.16. The molecule has 0 bridgehead atoms. The third-order valence-electron chi connectivity index (χ3n) is 3.29. The van der Waals surface area contributed by atoms with E-state index < -0.39 is 15.8 Å². The van der Waals surface area contributed by atoms with Crippen molar-refractivity contribution in [2.24, 2.45) is 0 Å². The molecule has 0 aromatic heterocycles. The first kappa shape index (κ1) is 14.0. The summed E-state index contributed by atoms with van der Waals surface area (Å²) in [5, 5.41) is 8.96. The molecule has 1 aromatic carbocycles. The highest BCUT2D eigenvalue weighted by atomic mass is 32.2. The van der Waals surface area contributed by atoms with Gasteiger partial charge in [0.1, 0.15) is 0 Å². The molecule has 6 heteroatoms. The Morgan fingerprint density at radius 1 is 1.32 bits per heavy atom. The molecule has 2 rings (SSSR count). The van der Waals surface area contributed by atoms with Crippen LogP contribution in [0.5, 0.6) is 0 Å². The van der Waals surface area contributed by atoms with Crippen molar-refractivity contribution >= 4 is 15.8 Å². The zero-order valence-corrected chi connectivity index (χ0v) is 11.3. The maximum absolute atomic E-state index is 11.5. The molecule has 1 aliphatic heterocycles. The number of carboxylic acid groups (broad SMARTS) is 1. The molecule has 1 fully saturated rings. The molecule has 1 aromatic rings. The molecule has 1 saturated heterocycles. The van der Waals surface area contributed by atoms with Crippen LogP contribution in [0.3, 0.4) is 0 Å². The molecule has 0 unspecified atom stereocenters. The number of aliphatic carboxylic acids is 1. The molecule has 0 aliphatic carbocycles. The van der Waals surface area contributed by atoms with Crippen molar-refractivity contribution in [3.05, 3.63) is 35.9 Å². The van der Waals surface area contributed by atoms with Crippen LogP contribution in [0.2, 0.25) is 0 Å². The molecular weight excluding hydrogens is 266 g/mol. The molecule has 5 nitrogen and oxygen atoms in total. The van der Waals surface area contributed by atoms with E-state index in [1.54, 1.807) is 4.90 Å². The number of rotatable bonds is 5. The van der Waals surface area contributed by atoms with Crippen LogP contribution in [0.1, 0.15) is 12.0 Å². The molecular formula is C13H17NO4S. The van der Waals surface area contributed by atoms with Crippen molar-refractivity contribution < 1.29 is 18.3 Å². The van der Waals surface area contributed by atoms with E-state index in [0.717, 1.165) is 5.56 Å². The number of hydrogen-bond acceptors (Lipinski definition) is 4. The topological polar surface area (TPSA) is 74.7 Å². The van der Waals surface area contributed by atoms with E-state index in [9.17, 15) is 13.2 Å². The molecule has 0 saturated carbocycles.